The number of aromatic nitrogens is 2. The molecule has 5 heteroatoms. The number of imidazole rings is 1. The molecule has 0 unspecified atom stereocenters. The number of fused-ring (bicyclic) bond motifs is 1. The Morgan fingerprint density at radius 1 is 0.800 bits per heavy atom. The molecule has 0 bridgehead atoms. The largest absolute Gasteiger partial charge is 0.497 e. The zero-order valence-corrected chi connectivity index (χ0v) is 17.4. The van der Waals surface area contributed by atoms with Crippen molar-refractivity contribution in [1.82, 2.24) is 9.55 Å². The molecule has 0 saturated carbocycles. The molecule has 0 spiro atoms. The van der Waals surface area contributed by atoms with E-state index < -0.39 is 0 Å². The second-order valence-electron chi connectivity index (χ2n) is 7.05. The molecule has 0 N–H and O–H groups in total. The molecule has 0 amide bonds. The van der Waals surface area contributed by atoms with Crippen molar-refractivity contribution in [3.05, 3.63) is 84.2 Å². The Hall–Kier alpha value is -3.47. The van der Waals surface area contributed by atoms with Crippen LogP contribution in [0.5, 0.6) is 17.2 Å². The number of hydrogen-bond acceptors (Lipinski definition) is 4. The summed E-state index contributed by atoms with van der Waals surface area (Å²) in [7, 11) is 3.34. The van der Waals surface area contributed by atoms with Crippen LogP contribution >= 0.6 is 0 Å². The summed E-state index contributed by atoms with van der Waals surface area (Å²) in [5.41, 5.74) is 3.38. The highest BCUT2D eigenvalue weighted by molar-refractivity contribution is 5.76. The van der Waals surface area contributed by atoms with E-state index in [-0.39, 0.29) is 0 Å². The van der Waals surface area contributed by atoms with E-state index in [1.807, 2.05) is 42.5 Å². The second kappa shape index (κ2) is 9.35. The van der Waals surface area contributed by atoms with Crippen molar-refractivity contribution in [1.29, 1.82) is 0 Å². The number of benzene rings is 3. The molecule has 0 aliphatic heterocycles. The minimum absolute atomic E-state index is 0.606. The summed E-state index contributed by atoms with van der Waals surface area (Å²) in [5.74, 6) is 3.44. The summed E-state index contributed by atoms with van der Waals surface area (Å²) in [6.45, 7) is 1.44. The fraction of sp³-hybridized carbons (Fsp3) is 0.240. The first-order valence-electron chi connectivity index (χ1n) is 10.1. The maximum atomic E-state index is 5.95. The molecule has 154 valence electrons. The van der Waals surface area contributed by atoms with Crippen molar-refractivity contribution in [3.63, 3.8) is 0 Å². The first-order chi connectivity index (χ1) is 14.8. The van der Waals surface area contributed by atoms with E-state index in [1.54, 1.807) is 14.2 Å². The monoisotopic (exact) mass is 402 g/mol. The van der Waals surface area contributed by atoms with E-state index in [4.69, 9.17) is 19.2 Å². The molecule has 4 rings (SSSR count). The topological polar surface area (TPSA) is 45.5 Å². The highest BCUT2D eigenvalue weighted by atomic mass is 16.5. The first-order valence-corrected chi connectivity index (χ1v) is 10.1. The molecule has 30 heavy (non-hydrogen) atoms. The summed E-state index contributed by atoms with van der Waals surface area (Å²) in [6.07, 6.45) is 1.64. The summed E-state index contributed by atoms with van der Waals surface area (Å²) in [6, 6.07) is 24.2. The lowest BCUT2D eigenvalue weighted by atomic mass is 10.1. The molecule has 4 aromatic rings. The zero-order valence-electron chi connectivity index (χ0n) is 17.4. The lowest BCUT2D eigenvalue weighted by Gasteiger charge is -2.12. The van der Waals surface area contributed by atoms with Crippen LogP contribution in [0.15, 0.2) is 72.8 Å². The van der Waals surface area contributed by atoms with Crippen LogP contribution in [0.2, 0.25) is 0 Å². The molecule has 1 aromatic heterocycles. The first kappa shape index (κ1) is 19.8. The average molecular weight is 402 g/mol. The van der Waals surface area contributed by atoms with Crippen molar-refractivity contribution in [2.75, 3.05) is 20.8 Å². The number of rotatable bonds is 9. The van der Waals surface area contributed by atoms with Gasteiger partial charge in [-0.25, -0.2) is 4.98 Å². The minimum atomic E-state index is 0.606. The van der Waals surface area contributed by atoms with Gasteiger partial charge in [0.15, 0.2) is 11.5 Å². The Morgan fingerprint density at radius 3 is 2.30 bits per heavy atom. The van der Waals surface area contributed by atoms with Crippen LogP contribution in [0, 0.1) is 0 Å². The van der Waals surface area contributed by atoms with Gasteiger partial charge in [-0.1, -0.05) is 36.4 Å². The lowest BCUT2D eigenvalue weighted by molar-refractivity contribution is 0.283. The molecule has 5 nitrogen and oxygen atoms in total. The summed E-state index contributed by atoms with van der Waals surface area (Å²) < 4.78 is 18.9. The Labute approximate surface area is 176 Å². The molecular formula is C25H26N2O3. The van der Waals surface area contributed by atoms with Gasteiger partial charge in [0.05, 0.1) is 31.9 Å². The Morgan fingerprint density at radius 2 is 1.53 bits per heavy atom. The standard InChI is InChI=1S/C25H26N2O3/c1-28-20-14-12-19(13-15-20)18-25-26-21-8-3-4-9-22(21)27(25)16-7-17-30-24-11-6-5-10-23(24)29-2/h3-6,8-15H,7,16-18H2,1-2H3. The fourth-order valence-corrected chi connectivity index (χ4v) is 3.58. The van der Waals surface area contributed by atoms with Gasteiger partial charge >= 0.3 is 0 Å². The van der Waals surface area contributed by atoms with Crippen LogP contribution in [0.1, 0.15) is 17.8 Å². The lowest BCUT2D eigenvalue weighted by Crippen LogP contribution is -2.09. The molecule has 0 saturated heterocycles. The van der Waals surface area contributed by atoms with E-state index in [1.165, 1.54) is 5.56 Å². The third-order valence-electron chi connectivity index (χ3n) is 5.11. The van der Waals surface area contributed by atoms with Crippen molar-refractivity contribution in [3.8, 4) is 17.2 Å². The number of methoxy groups -OCH3 is 2. The quantitative estimate of drug-likeness (QED) is 0.365. The molecular weight excluding hydrogens is 376 g/mol. The van der Waals surface area contributed by atoms with Crippen LogP contribution in [0.25, 0.3) is 11.0 Å². The van der Waals surface area contributed by atoms with Crippen LogP contribution in [0.4, 0.5) is 0 Å². The van der Waals surface area contributed by atoms with Gasteiger partial charge in [-0.05, 0) is 48.4 Å². The van der Waals surface area contributed by atoms with Gasteiger partial charge in [0, 0.05) is 13.0 Å². The van der Waals surface area contributed by atoms with Gasteiger partial charge in [0.1, 0.15) is 11.6 Å². The van der Waals surface area contributed by atoms with Gasteiger partial charge in [-0.3, -0.25) is 0 Å². The maximum Gasteiger partial charge on any atom is 0.161 e. The SMILES string of the molecule is COc1ccc(Cc2nc3ccccc3n2CCCOc2ccccc2OC)cc1. The van der Waals surface area contributed by atoms with Crippen molar-refractivity contribution < 1.29 is 14.2 Å². The highest BCUT2D eigenvalue weighted by Gasteiger charge is 2.11. The van der Waals surface area contributed by atoms with E-state index >= 15 is 0 Å². The summed E-state index contributed by atoms with van der Waals surface area (Å²) in [5, 5.41) is 0. The van der Waals surface area contributed by atoms with Crippen molar-refractivity contribution in [2.45, 2.75) is 19.4 Å². The van der Waals surface area contributed by atoms with Gasteiger partial charge in [0.25, 0.3) is 0 Å². The predicted molar refractivity (Wildman–Crippen MR) is 119 cm³/mol. The number of ether oxygens (including phenoxy) is 3. The van der Waals surface area contributed by atoms with Crippen molar-refractivity contribution >= 4 is 11.0 Å². The average Bonchev–Trinajstić information content (AvgIpc) is 3.14. The second-order valence-corrected chi connectivity index (χ2v) is 7.05. The molecule has 3 aromatic carbocycles. The zero-order chi connectivity index (χ0) is 20.8. The Bertz CT molecular complexity index is 1100. The Balaban J connectivity index is 1.48. The van der Waals surface area contributed by atoms with Crippen molar-refractivity contribution in [2.24, 2.45) is 0 Å². The highest BCUT2D eigenvalue weighted by Crippen LogP contribution is 2.26. The number of nitrogens with zero attached hydrogens (tertiary/aromatic N) is 2. The molecule has 0 aliphatic rings. The predicted octanol–water partition coefficient (Wildman–Crippen LogP) is 5.11. The molecule has 0 atom stereocenters. The van der Waals surface area contributed by atoms with Crippen LogP contribution < -0.4 is 14.2 Å². The van der Waals surface area contributed by atoms with Crippen LogP contribution in [-0.4, -0.2) is 30.4 Å². The van der Waals surface area contributed by atoms with Gasteiger partial charge in [-0.15, -0.1) is 0 Å². The van der Waals surface area contributed by atoms with E-state index in [9.17, 15) is 0 Å². The minimum Gasteiger partial charge on any atom is -0.497 e. The van der Waals surface area contributed by atoms with Crippen LogP contribution in [-0.2, 0) is 13.0 Å². The third kappa shape index (κ3) is 4.40. The number of para-hydroxylation sites is 4. The third-order valence-corrected chi connectivity index (χ3v) is 5.11. The molecule has 1 heterocycles. The smallest absolute Gasteiger partial charge is 0.161 e. The number of aryl methyl sites for hydroxylation is 1. The maximum absolute atomic E-state index is 5.95. The summed E-state index contributed by atoms with van der Waals surface area (Å²) in [4.78, 5) is 4.89. The Kier molecular flexibility index (Phi) is 6.18. The fourth-order valence-electron chi connectivity index (χ4n) is 3.58. The molecule has 0 radical (unpaired) electrons. The van der Waals surface area contributed by atoms with Gasteiger partial charge in [-0.2, -0.15) is 0 Å². The molecule has 0 aliphatic carbocycles. The normalized spacial score (nSPS) is 10.9. The van der Waals surface area contributed by atoms with E-state index in [2.05, 4.69) is 34.9 Å². The number of hydrogen-bond donors (Lipinski definition) is 0. The van der Waals surface area contributed by atoms with E-state index in [0.717, 1.165) is 53.5 Å². The van der Waals surface area contributed by atoms with Crippen LogP contribution in [0.3, 0.4) is 0 Å². The molecule has 0 fully saturated rings. The van der Waals surface area contributed by atoms with Gasteiger partial charge < -0.3 is 18.8 Å². The van der Waals surface area contributed by atoms with E-state index in [0.29, 0.717) is 6.61 Å². The summed E-state index contributed by atoms with van der Waals surface area (Å²) >= 11 is 0. The van der Waals surface area contributed by atoms with Gasteiger partial charge in [0.2, 0.25) is 0 Å².